The molecule has 2 N–H and O–H groups in total. The Morgan fingerprint density at radius 3 is 2.14 bits per heavy atom. The van der Waals surface area contributed by atoms with Gasteiger partial charge in [-0.15, -0.1) is 0 Å². The molecule has 4 aliphatic carbocycles. The average molecular weight is 591 g/mol. The molecule has 230 valence electrons. The average Bonchev–Trinajstić information content (AvgIpc) is 3.65. The Labute approximate surface area is 245 Å². The van der Waals surface area contributed by atoms with E-state index < -0.39 is 34.4 Å². The van der Waals surface area contributed by atoms with Gasteiger partial charge in [-0.05, 0) is 80.6 Å². The lowest BCUT2D eigenvalue weighted by atomic mass is 9.44. The molecule has 1 spiro atoms. The van der Waals surface area contributed by atoms with Gasteiger partial charge in [-0.2, -0.15) is 13.2 Å². The number of rotatable bonds is 2. The van der Waals surface area contributed by atoms with E-state index in [1.165, 1.54) is 5.92 Å². The maximum atomic E-state index is 13.2. The van der Waals surface area contributed by atoms with Crippen molar-refractivity contribution in [3.05, 3.63) is 35.4 Å². The number of benzene rings is 1. The van der Waals surface area contributed by atoms with Gasteiger partial charge in [0.05, 0.1) is 32.0 Å². The molecule has 6 nitrogen and oxygen atoms in total. The van der Waals surface area contributed by atoms with Crippen molar-refractivity contribution in [3.8, 4) is 11.8 Å². The maximum Gasteiger partial charge on any atom is 0.457 e. The highest BCUT2D eigenvalue weighted by molar-refractivity contribution is 5.34. The van der Waals surface area contributed by atoms with Crippen molar-refractivity contribution in [1.29, 1.82) is 0 Å². The minimum Gasteiger partial charge on any atom is -0.389 e. The van der Waals surface area contributed by atoms with E-state index in [0.29, 0.717) is 58.5 Å². The summed E-state index contributed by atoms with van der Waals surface area (Å²) in [6.07, 6.45) is -0.0824. The lowest BCUT2D eigenvalue weighted by molar-refractivity contribution is -0.259. The Hall–Kier alpha value is -1.67. The monoisotopic (exact) mass is 590 g/mol. The zero-order valence-corrected chi connectivity index (χ0v) is 24.3. The van der Waals surface area contributed by atoms with Gasteiger partial charge in [0.1, 0.15) is 5.60 Å². The lowest BCUT2D eigenvalue weighted by Gasteiger charge is -2.62. The molecule has 2 aliphatic heterocycles. The summed E-state index contributed by atoms with van der Waals surface area (Å²) in [4.78, 5) is 0. The normalized spacial score (nSPS) is 43.7. The molecule has 42 heavy (non-hydrogen) atoms. The van der Waals surface area contributed by atoms with E-state index in [2.05, 4.69) is 18.1 Å². The largest absolute Gasteiger partial charge is 0.457 e. The second-order valence-electron chi connectivity index (χ2n) is 14.1. The molecule has 4 saturated carbocycles. The summed E-state index contributed by atoms with van der Waals surface area (Å²) in [5.41, 5.74) is -1.53. The van der Waals surface area contributed by atoms with Crippen LogP contribution in [0.4, 0.5) is 13.2 Å². The van der Waals surface area contributed by atoms with Crippen LogP contribution in [0.15, 0.2) is 24.3 Å². The number of fused-ring (bicyclic) bond motifs is 5. The van der Waals surface area contributed by atoms with Crippen molar-refractivity contribution in [1.82, 2.24) is 0 Å². The Balaban J connectivity index is 1.28. The highest BCUT2D eigenvalue weighted by Gasteiger charge is 2.68. The Bertz CT molecular complexity index is 1260. The molecule has 0 aromatic heterocycles. The highest BCUT2D eigenvalue weighted by atomic mass is 19.4. The molecule has 2 saturated heterocycles. The molecule has 7 rings (SSSR count). The van der Waals surface area contributed by atoms with E-state index in [1.807, 2.05) is 26.0 Å². The fourth-order valence-electron chi connectivity index (χ4n) is 10.2. The van der Waals surface area contributed by atoms with Crippen molar-refractivity contribution in [2.24, 2.45) is 29.1 Å². The minimum absolute atomic E-state index is 0.00197. The third-order valence-electron chi connectivity index (χ3n) is 12.1. The topological polar surface area (TPSA) is 77.4 Å². The standard InChI is InChI=1S/C33H41F3O6/c1-28-19-24(21-3-5-22(6-4-21)29(2)39-15-16-40-29)27-23(25(28)8-11-31(28,38)13-14-33(34,35)36)7-10-30(37)20-32(12-9-26(27)30)41-17-18-42-32/h3-6,23-27,37-38H,7-12,15-20H2,1-2H3. The number of aliphatic hydroxyl groups is 2. The zero-order chi connectivity index (χ0) is 29.6. The van der Waals surface area contributed by atoms with Gasteiger partial charge in [-0.1, -0.05) is 37.1 Å². The number of hydrogen-bond acceptors (Lipinski definition) is 6. The van der Waals surface area contributed by atoms with E-state index in [1.54, 1.807) is 0 Å². The zero-order valence-electron chi connectivity index (χ0n) is 24.3. The van der Waals surface area contributed by atoms with E-state index in [0.717, 1.165) is 24.0 Å². The van der Waals surface area contributed by atoms with Crippen LogP contribution in [0, 0.1) is 40.9 Å². The number of alkyl halides is 3. The Morgan fingerprint density at radius 2 is 1.48 bits per heavy atom. The van der Waals surface area contributed by atoms with E-state index in [-0.39, 0.29) is 36.0 Å². The first-order valence-electron chi connectivity index (χ1n) is 15.5. The van der Waals surface area contributed by atoms with Crippen LogP contribution in [0.2, 0.25) is 0 Å². The van der Waals surface area contributed by atoms with Crippen LogP contribution in [0.25, 0.3) is 0 Å². The van der Waals surface area contributed by atoms with Crippen LogP contribution in [0.1, 0.15) is 82.3 Å². The summed E-state index contributed by atoms with van der Waals surface area (Å²) in [6.45, 7) is 5.97. The Morgan fingerprint density at radius 1 is 0.833 bits per heavy atom. The first kappa shape index (κ1) is 29.1. The Kier molecular flexibility index (Phi) is 6.69. The van der Waals surface area contributed by atoms with Gasteiger partial charge >= 0.3 is 6.18 Å². The quantitative estimate of drug-likeness (QED) is 0.449. The first-order valence-corrected chi connectivity index (χ1v) is 15.5. The van der Waals surface area contributed by atoms with Crippen molar-refractivity contribution >= 4 is 0 Å². The lowest BCUT2D eigenvalue weighted by Crippen LogP contribution is -2.62. The van der Waals surface area contributed by atoms with Crippen LogP contribution < -0.4 is 0 Å². The van der Waals surface area contributed by atoms with Gasteiger partial charge in [-0.3, -0.25) is 0 Å². The fourth-order valence-corrected chi connectivity index (χ4v) is 10.2. The van der Waals surface area contributed by atoms with Crippen molar-refractivity contribution in [2.75, 3.05) is 26.4 Å². The summed E-state index contributed by atoms with van der Waals surface area (Å²) >= 11 is 0. The third kappa shape index (κ3) is 4.47. The molecule has 6 fully saturated rings. The molecular weight excluding hydrogens is 549 g/mol. The van der Waals surface area contributed by atoms with Gasteiger partial charge < -0.3 is 29.2 Å². The van der Waals surface area contributed by atoms with Crippen molar-refractivity contribution < 1.29 is 42.3 Å². The van der Waals surface area contributed by atoms with E-state index >= 15 is 0 Å². The van der Waals surface area contributed by atoms with Crippen LogP contribution in [0.3, 0.4) is 0 Å². The molecular formula is C33H41F3O6. The molecule has 9 heteroatoms. The fraction of sp³-hybridized carbons (Fsp3) is 0.758. The summed E-state index contributed by atoms with van der Waals surface area (Å²) < 4.78 is 63.5. The van der Waals surface area contributed by atoms with Crippen LogP contribution in [-0.4, -0.2) is 59.8 Å². The smallest absolute Gasteiger partial charge is 0.389 e. The van der Waals surface area contributed by atoms with E-state index in [4.69, 9.17) is 18.9 Å². The highest BCUT2D eigenvalue weighted by Crippen LogP contribution is 2.69. The summed E-state index contributed by atoms with van der Waals surface area (Å²) in [5.74, 6) is 2.40. The van der Waals surface area contributed by atoms with Gasteiger partial charge in [-0.25, -0.2) is 0 Å². The third-order valence-corrected chi connectivity index (χ3v) is 12.1. The molecule has 1 aromatic rings. The predicted molar refractivity (Wildman–Crippen MR) is 146 cm³/mol. The van der Waals surface area contributed by atoms with Crippen LogP contribution >= 0.6 is 0 Å². The van der Waals surface area contributed by atoms with Gasteiger partial charge in [0.2, 0.25) is 0 Å². The SMILES string of the molecule is CC1(c2ccc(C3CC4(C)C(CCC4(O)C#CC(F)(F)F)C4CCC5(O)CC6(CCC5C34)OCCO6)cc2)OCCO1. The molecule has 1 aromatic carbocycles. The molecule has 2 heterocycles. The van der Waals surface area contributed by atoms with Gasteiger partial charge in [0.25, 0.3) is 0 Å². The second kappa shape index (κ2) is 9.66. The van der Waals surface area contributed by atoms with Crippen molar-refractivity contribution in [3.63, 3.8) is 0 Å². The summed E-state index contributed by atoms with van der Waals surface area (Å²) in [6, 6.07) is 8.18. The van der Waals surface area contributed by atoms with Crippen LogP contribution in [0.5, 0.6) is 0 Å². The molecule has 0 amide bonds. The molecule has 0 radical (unpaired) electrons. The van der Waals surface area contributed by atoms with Crippen molar-refractivity contribution in [2.45, 2.75) is 100 Å². The predicted octanol–water partition coefficient (Wildman–Crippen LogP) is 5.41. The number of halogens is 3. The number of hydrogen-bond donors (Lipinski definition) is 2. The first-order chi connectivity index (χ1) is 19.8. The summed E-state index contributed by atoms with van der Waals surface area (Å²) in [5, 5.41) is 24.1. The second-order valence-corrected chi connectivity index (χ2v) is 14.1. The molecule has 8 atom stereocenters. The molecule has 0 bridgehead atoms. The molecule has 6 aliphatic rings. The maximum absolute atomic E-state index is 13.2. The van der Waals surface area contributed by atoms with Gasteiger partial charge in [0.15, 0.2) is 11.6 Å². The molecule has 8 unspecified atom stereocenters. The van der Waals surface area contributed by atoms with Crippen LogP contribution in [-0.2, 0) is 24.7 Å². The van der Waals surface area contributed by atoms with E-state index in [9.17, 15) is 23.4 Å². The summed E-state index contributed by atoms with van der Waals surface area (Å²) in [7, 11) is 0. The number of ether oxygens (including phenoxy) is 4. The minimum atomic E-state index is -4.67. The van der Waals surface area contributed by atoms with Gasteiger partial charge in [0, 0.05) is 29.7 Å².